The summed E-state index contributed by atoms with van der Waals surface area (Å²) in [6.45, 7) is 4.01. The number of hydrogen-bond donors (Lipinski definition) is 1. The summed E-state index contributed by atoms with van der Waals surface area (Å²) in [6, 6.07) is 2.13. The molecular formula is C19H26N6O. The molecule has 4 rings (SSSR count). The maximum absolute atomic E-state index is 11.3. The van der Waals surface area contributed by atoms with Crippen molar-refractivity contribution in [1.29, 1.82) is 0 Å². The number of amides is 1. The van der Waals surface area contributed by atoms with Crippen molar-refractivity contribution in [2.75, 3.05) is 18.0 Å². The average Bonchev–Trinajstić information content (AvgIpc) is 3.00. The van der Waals surface area contributed by atoms with Gasteiger partial charge in [0.25, 0.3) is 0 Å². The van der Waals surface area contributed by atoms with E-state index in [0.717, 1.165) is 43.4 Å². The predicted molar refractivity (Wildman–Crippen MR) is 99.0 cm³/mol. The second kappa shape index (κ2) is 7.05. The van der Waals surface area contributed by atoms with Gasteiger partial charge < -0.3 is 15.2 Å². The van der Waals surface area contributed by atoms with Crippen molar-refractivity contribution in [2.45, 2.75) is 57.4 Å². The number of primary amides is 1. The van der Waals surface area contributed by atoms with Gasteiger partial charge in [0.1, 0.15) is 12.4 Å². The lowest BCUT2D eigenvalue weighted by atomic mass is 9.82. The van der Waals surface area contributed by atoms with Crippen LogP contribution in [0.2, 0.25) is 0 Å². The van der Waals surface area contributed by atoms with E-state index in [2.05, 4.69) is 16.0 Å². The number of rotatable bonds is 5. The first-order chi connectivity index (χ1) is 12.6. The molecule has 0 aromatic carbocycles. The second-order valence-electron chi connectivity index (χ2n) is 7.53. The van der Waals surface area contributed by atoms with Crippen LogP contribution in [0.1, 0.15) is 61.2 Å². The molecule has 1 atom stereocenters. The van der Waals surface area contributed by atoms with Gasteiger partial charge in [0.15, 0.2) is 0 Å². The minimum Gasteiger partial charge on any atom is -0.368 e. The topological polar surface area (TPSA) is 89.9 Å². The van der Waals surface area contributed by atoms with Crippen LogP contribution in [-0.4, -0.2) is 38.5 Å². The first-order valence-corrected chi connectivity index (χ1v) is 9.50. The Balaban J connectivity index is 1.55. The van der Waals surface area contributed by atoms with Crippen LogP contribution >= 0.6 is 0 Å². The molecule has 1 aliphatic heterocycles. The molecule has 1 saturated carbocycles. The number of imidazole rings is 1. The molecule has 1 amide bonds. The van der Waals surface area contributed by atoms with E-state index in [9.17, 15) is 4.79 Å². The van der Waals surface area contributed by atoms with E-state index in [1.165, 1.54) is 25.0 Å². The molecule has 2 N–H and O–H groups in total. The minimum atomic E-state index is -0.343. The number of aryl methyl sites for hydroxylation is 1. The van der Waals surface area contributed by atoms with Gasteiger partial charge in [-0.05, 0) is 38.7 Å². The zero-order valence-corrected chi connectivity index (χ0v) is 15.3. The highest BCUT2D eigenvalue weighted by Crippen LogP contribution is 2.36. The van der Waals surface area contributed by atoms with Gasteiger partial charge in [0.2, 0.25) is 11.9 Å². The van der Waals surface area contributed by atoms with Crippen LogP contribution in [0.4, 0.5) is 5.95 Å². The SMILES string of the molecule is Cc1cc(C2CCC2)nc(N2CCCC(c3nccn3CC(N)=O)C2)n1. The molecule has 1 saturated heterocycles. The molecule has 3 heterocycles. The van der Waals surface area contributed by atoms with Crippen LogP contribution in [0.5, 0.6) is 0 Å². The Labute approximate surface area is 153 Å². The Bertz CT molecular complexity index is 797. The van der Waals surface area contributed by atoms with E-state index in [4.69, 9.17) is 15.7 Å². The van der Waals surface area contributed by atoms with Crippen LogP contribution in [-0.2, 0) is 11.3 Å². The van der Waals surface area contributed by atoms with Gasteiger partial charge in [0.05, 0.1) is 0 Å². The molecule has 0 spiro atoms. The summed E-state index contributed by atoms with van der Waals surface area (Å²) in [7, 11) is 0. The molecule has 2 aromatic rings. The number of anilines is 1. The van der Waals surface area contributed by atoms with Gasteiger partial charge in [-0.15, -0.1) is 0 Å². The molecular weight excluding hydrogens is 328 g/mol. The van der Waals surface area contributed by atoms with Gasteiger partial charge in [-0.3, -0.25) is 4.79 Å². The van der Waals surface area contributed by atoms with E-state index in [1.54, 1.807) is 6.20 Å². The highest BCUT2D eigenvalue weighted by atomic mass is 16.1. The van der Waals surface area contributed by atoms with Crippen LogP contribution in [0.3, 0.4) is 0 Å². The van der Waals surface area contributed by atoms with Crippen molar-refractivity contribution in [2.24, 2.45) is 5.73 Å². The number of nitrogens with two attached hydrogens (primary N) is 1. The molecule has 2 aliphatic rings. The summed E-state index contributed by atoms with van der Waals surface area (Å²) in [4.78, 5) is 27.6. The number of carbonyl (C=O) groups excluding carboxylic acids is 1. The molecule has 2 fully saturated rings. The Kier molecular flexibility index (Phi) is 4.61. The molecule has 7 nitrogen and oxygen atoms in total. The summed E-state index contributed by atoms with van der Waals surface area (Å²) >= 11 is 0. The molecule has 2 aromatic heterocycles. The summed E-state index contributed by atoms with van der Waals surface area (Å²) < 4.78 is 1.87. The lowest BCUT2D eigenvalue weighted by molar-refractivity contribution is -0.118. The number of aromatic nitrogens is 4. The third-order valence-corrected chi connectivity index (χ3v) is 5.53. The fraction of sp³-hybridized carbons (Fsp3) is 0.579. The molecule has 0 radical (unpaired) electrons. The maximum atomic E-state index is 11.3. The van der Waals surface area contributed by atoms with E-state index in [-0.39, 0.29) is 18.4 Å². The van der Waals surface area contributed by atoms with E-state index < -0.39 is 0 Å². The summed E-state index contributed by atoms with van der Waals surface area (Å²) in [5.74, 6) is 2.29. The predicted octanol–water partition coefficient (Wildman–Crippen LogP) is 2.12. The summed E-state index contributed by atoms with van der Waals surface area (Å²) in [5, 5.41) is 0. The van der Waals surface area contributed by atoms with Crippen molar-refractivity contribution in [3.8, 4) is 0 Å². The zero-order chi connectivity index (χ0) is 18.1. The number of nitrogens with zero attached hydrogens (tertiary/aromatic N) is 5. The van der Waals surface area contributed by atoms with E-state index in [0.29, 0.717) is 5.92 Å². The van der Waals surface area contributed by atoms with Crippen molar-refractivity contribution in [3.05, 3.63) is 35.7 Å². The molecule has 1 unspecified atom stereocenters. The van der Waals surface area contributed by atoms with E-state index in [1.807, 2.05) is 17.7 Å². The minimum absolute atomic E-state index is 0.179. The third kappa shape index (κ3) is 3.43. The Morgan fingerprint density at radius 1 is 1.23 bits per heavy atom. The maximum Gasteiger partial charge on any atom is 0.237 e. The van der Waals surface area contributed by atoms with Crippen molar-refractivity contribution < 1.29 is 4.79 Å². The smallest absolute Gasteiger partial charge is 0.237 e. The Morgan fingerprint density at radius 2 is 2.04 bits per heavy atom. The molecule has 1 aliphatic carbocycles. The van der Waals surface area contributed by atoms with Crippen LogP contribution < -0.4 is 10.6 Å². The number of piperidine rings is 1. The molecule has 26 heavy (non-hydrogen) atoms. The summed E-state index contributed by atoms with van der Waals surface area (Å²) in [5.41, 5.74) is 7.59. The van der Waals surface area contributed by atoms with E-state index >= 15 is 0 Å². The molecule has 7 heteroatoms. The highest BCUT2D eigenvalue weighted by Gasteiger charge is 2.28. The number of hydrogen-bond acceptors (Lipinski definition) is 5. The lowest BCUT2D eigenvalue weighted by Gasteiger charge is -2.33. The van der Waals surface area contributed by atoms with Crippen LogP contribution in [0, 0.1) is 6.92 Å². The van der Waals surface area contributed by atoms with Gasteiger partial charge >= 0.3 is 0 Å². The summed E-state index contributed by atoms with van der Waals surface area (Å²) in [6.07, 6.45) is 9.47. The zero-order valence-electron chi connectivity index (χ0n) is 15.3. The normalized spacial score (nSPS) is 20.8. The monoisotopic (exact) mass is 354 g/mol. The van der Waals surface area contributed by atoms with Gasteiger partial charge in [-0.2, -0.15) is 0 Å². The quantitative estimate of drug-likeness (QED) is 0.888. The van der Waals surface area contributed by atoms with Crippen LogP contribution in [0.25, 0.3) is 0 Å². The van der Waals surface area contributed by atoms with Gasteiger partial charge in [-0.25, -0.2) is 15.0 Å². The third-order valence-electron chi connectivity index (χ3n) is 5.53. The fourth-order valence-corrected chi connectivity index (χ4v) is 3.98. The lowest BCUT2D eigenvalue weighted by Crippen LogP contribution is -2.37. The fourth-order valence-electron chi connectivity index (χ4n) is 3.98. The number of carbonyl (C=O) groups is 1. The average molecular weight is 354 g/mol. The van der Waals surface area contributed by atoms with Crippen molar-refractivity contribution in [1.82, 2.24) is 19.5 Å². The van der Waals surface area contributed by atoms with Crippen LogP contribution in [0.15, 0.2) is 18.5 Å². The first kappa shape index (κ1) is 17.0. The largest absolute Gasteiger partial charge is 0.368 e. The van der Waals surface area contributed by atoms with Gasteiger partial charge in [0, 0.05) is 48.7 Å². The second-order valence-corrected chi connectivity index (χ2v) is 7.53. The van der Waals surface area contributed by atoms with Gasteiger partial charge in [-0.1, -0.05) is 6.42 Å². The highest BCUT2D eigenvalue weighted by molar-refractivity contribution is 5.73. The van der Waals surface area contributed by atoms with Crippen molar-refractivity contribution in [3.63, 3.8) is 0 Å². The molecule has 0 bridgehead atoms. The Hall–Kier alpha value is -2.44. The standard InChI is InChI=1S/C19H26N6O/c1-13-10-16(14-4-2-5-14)23-19(22-13)25-8-3-6-15(11-25)18-21-7-9-24(18)12-17(20)26/h7,9-10,14-15H,2-6,8,11-12H2,1H3,(H2,20,26). The molecule has 138 valence electrons. The van der Waals surface area contributed by atoms with Crippen molar-refractivity contribution >= 4 is 11.9 Å². The Morgan fingerprint density at radius 3 is 2.77 bits per heavy atom. The first-order valence-electron chi connectivity index (χ1n) is 9.50.